The monoisotopic (exact) mass is 259 g/mol. The molecule has 0 aliphatic heterocycles. The number of aromatic nitrogens is 1. The number of amidine groups is 1. The van der Waals surface area contributed by atoms with Gasteiger partial charge < -0.3 is 15.4 Å². The molecule has 0 unspecified atom stereocenters. The zero-order valence-corrected chi connectivity index (χ0v) is 10.8. The second-order valence-electron chi connectivity index (χ2n) is 4.46. The maximum absolute atomic E-state index is 10.7. The molecule has 0 fully saturated rings. The molecule has 4 N–H and O–H groups in total. The summed E-state index contributed by atoms with van der Waals surface area (Å²) in [5.74, 6) is -0.754. The third kappa shape index (κ3) is 2.59. The van der Waals surface area contributed by atoms with Gasteiger partial charge in [0.25, 0.3) is 0 Å². The van der Waals surface area contributed by atoms with Crippen LogP contribution in [0.3, 0.4) is 0 Å². The van der Waals surface area contributed by atoms with E-state index < -0.39 is 5.97 Å². The number of rotatable bonds is 5. The lowest BCUT2D eigenvalue weighted by Crippen LogP contribution is -2.11. The summed E-state index contributed by atoms with van der Waals surface area (Å²) in [6.07, 6.45) is 0.628. The highest BCUT2D eigenvalue weighted by atomic mass is 16.4. The molecule has 0 spiro atoms. The number of nitrogens with two attached hydrogens (primary N) is 1. The van der Waals surface area contributed by atoms with Crippen molar-refractivity contribution in [3.8, 4) is 0 Å². The predicted molar refractivity (Wildman–Crippen MR) is 74.6 cm³/mol. The Morgan fingerprint density at radius 1 is 1.42 bits per heavy atom. The number of carbonyl (C=O) groups is 1. The van der Waals surface area contributed by atoms with E-state index in [-0.39, 0.29) is 12.3 Å². The summed E-state index contributed by atoms with van der Waals surface area (Å²) in [7, 11) is 0. The molecule has 0 saturated heterocycles. The lowest BCUT2D eigenvalue weighted by atomic mass is 10.1. The summed E-state index contributed by atoms with van der Waals surface area (Å²) in [6, 6.07) is 7.62. The number of hydrogen-bond acceptors (Lipinski definition) is 2. The van der Waals surface area contributed by atoms with E-state index in [0.29, 0.717) is 12.0 Å². The zero-order chi connectivity index (χ0) is 14.0. The average molecular weight is 259 g/mol. The molecule has 0 atom stereocenters. The van der Waals surface area contributed by atoms with Crippen molar-refractivity contribution in [2.45, 2.75) is 26.3 Å². The third-order valence-corrected chi connectivity index (χ3v) is 3.21. The summed E-state index contributed by atoms with van der Waals surface area (Å²) in [4.78, 5) is 10.7. The van der Waals surface area contributed by atoms with Gasteiger partial charge in [-0.15, -0.1) is 0 Å². The number of carboxylic acids is 1. The van der Waals surface area contributed by atoms with Gasteiger partial charge in [0.05, 0.1) is 6.42 Å². The predicted octanol–water partition coefficient (Wildman–Crippen LogP) is 1.96. The molecule has 19 heavy (non-hydrogen) atoms. The number of fused-ring (bicyclic) bond motifs is 1. The van der Waals surface area contributed by atoms with Gasteiger partial charge in [-0.1, -0.05) is 12.1 Å². The highest BCUT2D eigenvalue weighted by Crippen LogP contribution is 2.22. The molecule has 100 valence electrons. The van der Waals surface area contributed by atoms with Crippen LogP contribution in [0.4, 0.5) is 0 Å². The highest BCUT2D eigenvalue weighted by Gasteiger charge is 2.10. The van der Waals surface area contributed by atoms with E-state index in [1.54, 1.807) is 0 Å². The number of nitrogens with zero attached hydrogens (tertiary/aromatic N) is 1. The molecule has 5 heteroatoms. The first kappa shape index (κ1) is 13.1. The molecule has 0 amide bonds. The molecular weight excluding hydrogens is 242 g/mol. The van der Waals surface area contributed by atoms with Crippen LogP contribution in [0.2, 0.25) is 0 Å². The minimum Gasteiger partial charge on any atom is -0.481 e. The number of aryl methyl sites for hydroxylation is 2. The largest absolute Gasteiger partial charge is 0.481 e. The summed E-state index contributed by atoms with van der Waals surface area (Å²) in [5, 5.41) is 17.3. The molecule has 1 aromatic carbocycles. The van der Waals surface area contributed by atoms with Gasteiger partial charge in [0.1, 0.15) is 5.84 Å². The van der Waals surface area contributed by atoms with Crippen molar-refractivity contribution in [3.05, 3.63) is 35.5 Å². The van der Waals surface area contributed by atoms with Crippen LogP contribution in [0.25, 0.3) is 10.9 Å². The Kier molecular flexibility index (Phi) is 3.55. The first-order valence-corrected chi connectivity index (χ1v) is 6.21. The first-order chi connectivity index (χ1) is 9.02. The Balaban J connectivity index is 2.48. The SMILES string of the molecule is CCn1c(CCC(=O)O)cc2ccc(C(=N)N)cc21. The van der Waals surface area contributed by atoms with E-state index in [4.69, 9.17) is 16.2 Å². The fourth-order valence-electron chi connectivity index (χ4n) is 2.29. The average Bonchev–Trinajstić information content (AvgIpc) is 2.72. The minimum absolute atomic E-state index is 0.0397. The summed E-state index contributed by atoms with van der Waals surface area (Å²) >= 11 is 0. The number of nitrogens with one attached hydrogen (secondary N) is 1. The van der Waals surface area contributed by atoms with Crippen LogP contribution in [0.1, 0.15) is 24.6 Å². The fraction of sp³-hybridized carbons (Fsp3) is 0.286. The molecule has 2 rings (SSSR count). The van der Waals surface area contributed by atoms with Crippen molar-refractivity contribution in [2.24, 2.45) is 5.73 Å². The van der Waals surface area contributed by atoms with Gasteiger partial charge in [0.15, 0.2) is 0 Å². The third-order valence-electron chi connectivity index (χ3n) is 3.21. The molecule has 0 aliphatic rings. The molecule has 0 radical (unpaired) electrons. The molecular formula is C14H17N3O2. The molecule has 0 bridgehead atoms. The van der Waals surface area contributed by atoms with E-state index >= 15 is 0 Å². The molecule has 2 aromatic rings. The van der Waals surface area contributed by atoms with Gasteiger partial charge in [0, 0.05) is 23.3 Å². The van der Waals surface area contributed by atoms with E-state index in [1.165, 1.54) is 0 Å². The summed E-state index contributed by atoms with van der Waals surface area (Å²) < 4.78 is 2.07. The lowest BCUT2D eigenvalue weighted by Gasteiger charge is -2.07. The second-order valence-corrected chi connectivity index (χ2v) is 4.46. The normalized spacial score (nSPS) is 10.8. The van der Waals surface area contributed by atoms with Gasteiger partial charge >= 0.3 is 5.97 Å². The first-order valence-electron chi connectivity index (χ1n) is 6.21. The molecule has 1 heterocycles. The van der Waals surface area contributed by atoms with Crippen molar-refractivity contribution < 1.29 is 9.90 Å². The maximum Gasteiger partial charge on any atom is 0.303 e. The van der Waals surface area contributed by atoms with E-state index in [0.717, 1.165) is 23.1 Å². The van der Waals surface area contributed by atoms with E-state index in [2.05, 4.69) is 4.57 Å². The van der Waals surface area contributed by atoms with Crippen LogP contribution < -0.4 is 5.73 Å². The van der Waals surface area contributed by atoms with Crippen LogP contribution in [-0.4, -0.2) is 21.5 Å². The van der Waals surface area contributed by atoms with Crippen molar-refractivity contribution in [2.75, 3.05) is 0 Å². The second kappa shape index (κ2) is 5.14. The lowest BCUT2D eigenvalue weighted by molar-refractivity contribution is -0.136. The molecule has 1 aromatic heterocycles. The number of nitrogen functional groups attached to an aromatic ring is 1. The summed E-state index contributed by atoms with van der Waals surface area (Å²) in [5.41, 5.74) is 8.18. The Hall–Kier alpha value is -2.30. The number of carboxylic acid groups (broad SMARTS) is 1. The van der Waals surface area contributed by atoms with Gasteiger partial charge in [-0.05, 0) is 30.9 Å². The minimum atomic E-state index is -0.794. The van der Waals surface area contributed by atoms with E-state index in [1.807, 2.05) is 31.2 Å². The fourth-order valence-corrected chi connectivity index (χ4v) is 2.29. The van der Waals surface area contributed by atoms with Gasteiger partial charge in [0.2, 0.25) is 0 Å². The molecule has 5 nitrogen and oxygen atoms in total. The van der Waals surface area contributed by atoms with Gasteiger partial charge in [-0.3, -0.25) is 10.2 Å². The maximum atomic E-state index is 10.7. The number of benzene rings is 1. The summed E-state index contributed by atoms with van der Waals surface area (Å²) in [6.45, 7) is 2.78. The van der Waals surface area contributed by atoms with Crippen LogP contribution >= 0.6 is 0 Å². The Morgan fingerprint density at radius 2 is 2.16 bits per heavy atom. The van der Waals surface area contributed by atoms with Crippen molar-refractivity contribution in [1.82, 2.24) is 4.57 Å². The van der Waals surface area contributed by atoms with E-state index in [9.17, 15) is 4.79 Å². The Bertz CT molecular complexity index is 643. The van der Waals surface area contributed by atoms with Gasteiger partial charge in [-0.2, -0.15) is 0 Å². The van der Waals surface area contributed by atoms with Crippen molar-refractivity contribution in [1.29, 1.82) is 5.41 Å². The Labute approximate surface area is 111 Å². The topological polar surface area (TPSA) is 92.1 Å². The number of hydrogen-bond donors (Lipinski definition) is 3. The van der Waals surface area contributed by atoms with Crippen molar-refractivity contribution in [3.63, 3.8) is 0 Å². The molecule has 0 aliphatic carbocycles. The standard InChI is InChI=1S/C14H17N3O2/c1-2-17-11(5-6-13(18)19)7-9-3-4-10(14(15)16)8-12(9)17/h3-4,7-8H,2,5-6H2,1H3,(H3,15,16)(H,18,19). The quantitative estimate of drug-likeness (QED) is 0.566. The van der Waals surface area contributed by atoms with Crippen LogP contribution in [0.15, 0.2) is 24.3 Å². The smallest absolute Gasteiger partial charge is 0.303 e. The number of aliphatic carboxylic acids is 1. The van der Waals surface area contributed by atoms with Crippen molar-refractivity contribution >= 4 is 22.7 Å². The highest BCUT2D eigenvalue weighted by molar-refractivity contribution is 5.98. The van der Waals surface area contributed by atoms with Crippen LogP contribution in [-0.2, 0) is 17.8 Å². The zero-order valence-electron chi connectivity index (χ0n) is 10.8. The molecule has 0 saturated carbocycles. The van der Waals surface area contributed by atoms with Crippen LogP contribution in [0, 0.1) is 5.41 Å². The Morgan fingerprint density at radius 3 is 2.74 bits per heavy atom. The van der Waals surface area contributed by atoms with Crippen LogP contribution in [0.5, 0.6) is 0 Å². The van der Waals surface area contributed by atoms with Gasteiger partial charge in [-0.25, -0.2) is 0 Å².